The fourth-order valence-corrected chi connectivity index (χ4v) is 2.28. The number of aliphatic hydroxyl groups excluding tert-OH is 1. The summed E-state index contributed by atoms with van der Waals surface area (Å²) in [6, 6.07) is 2.91. The standard InChI is InChI=1S/C13H20N4O3/c1-2-5-14-12-7-10(17(19)20)8-13(15-12)16-6-3-4-11(18)9-16/h7-8,11,18H,2-6,9H2,1H3,(H,14,15). The Bertz CT molecular complexity index is 481. The number of aliphatic hydroxyl groups is 1. The fraction of sp³-hybridized carbons (Fsp3) is 0.615. The highest BCUT2D eigenvalue weighted by Gasteiger charge is 2.21. The summed E-state index contributed by atoms with van der Waals surface area (Å²) in [6.07, 6.45) is 2.16. The number of pyridine rings is 1. The van der Waals surface area contributed by atoms with E-state index in [2.05, 4.69) is 10.3 Å². The maximum absolute atomic E-state index is 11.0. The highest BCUT2D eigenvalue weighted by Crippen LogP contribution is 2.25. The van der Waals surface area contributed by atoms with Gasteiger partial charge in [0, 0.05) is 19.6 Å². The number of β-amino-alcohol motifs (C(OH)–C–C–N with tert-alkyl or cyclic N) is 1. The molecule has 2 N–H and O–H groups in total. The quantitative estimate of drug-likeness (QED) is 0.631. The second-order valence-electron chi connectivity index (χ2n) is 4.99. The van der Waals surface area contributed by atoms with Crippen LogP contribution in [0.3, 0.4) is 0 Å². The van der Waals surface area contributed by atoms with Gasteiger partial charge in [-0.05, 0) is 19.3 Å². The Kier molecular flexibility index (Phi) is 4.73. The first-order chi connectivity index (χ1) is 9.60. The average molecular weight is 280 g/mol. The van der Waals surface area contributed by atoms with E-state index in [1.54, 1.807) is 0 Å². The van der Waals surface area contributed by atoms with Crippen LogP contribution in [0.1, 0.15) is 26.2 Å². The maximum Gasteiger partial charge on any atom is 0.276 e. The van der Waals surface area contributed by atoms with Gasteiger partial charge >= 0.3 is 0 Å². The van der Waals surface area contributed by atoms with Crippen LogP contribution >= 0.6 is 0 Å². The number of nitrogens with zero attached hydrogens (tertiary/aromatic N) is 3. The topological polar surface area (TPSA) is 91.5 Å². The van der Waals surface area contributed by atoms with Gasteiger partial charge < -0.3 is 15.3 Å². The summed E-state index contributed by atoms with van der Waals surface area (Å²) in [6.45, 7) is 3.97. The maximum atomic E-state index is 11.0. The summed E-state index contributed by atoms with van der Waals surface area (Å²) in [5, 5.41) is 23.8. The molecular formula is C13H20N4O3. The number of piperidine rings is 1. The lowest BCUT2D eigenvalue weighted by molar-refractivity contribution is -0.384. The highest BCUT2D eigenvalue weighted by atomic mass is 16.6. The predicted octanol–water partition coefficient (Wildman–Crippen LogP) is 1.77. The molecule has 7 nitrogen and oxygen atoms in total. The fourth-order valence-electron chi connectivity index (χ4n) is 2.28. The van der Waals surface area contributed by atoms with Crippen molar-refractivity contribution in [3.05, 3.63) is 22.2 Å². The molecule has 0 aromatic carbocycles. The van der Waals surface area contributed by atoms with Gasteiger partial charge in [-0.2, -0.15) is 0 Å². The molecule has 1 saturated heterocycles. The minimum Gasteiger partial charge on any atom is -0.391 e. The van der Waals surface area contributed by atoms with Gasteiger partial charge in [-0.1, -0.05) is 6.92 Å². The molecule has 1 unspecified atom stereocenters. The van der Waals surface area contributed by atoms with Crippen molar-refractivity contribution in [1.29, 1.82) is 0 Å². The van der Waals surface area contributed by atoms with Crippen molar-refractivity contribution in [2.75, 3.05) is 29.9 Å². The molecule has 1 aliphatic heterocycles. The summed E-state index contributed by atoms with van der Waals surface area (Å²) < 4.78 is 0. The molecule has 0 aliphatic carbocycles. The molecule has 0 saturated carbocycles. The van der Waals surface area contributed by atoms with Crippen molar-refractivity contribution in [3.8, 4) is 0 Å². The Morgan fingerprint density at radius 3 is 3.05 bits per heavy atom. The number of hydrogen-bond acceptors (Lipinski definition) is 6. The lowest BCUT2D eigenvalue weighted by Crippen LogP contribution is -2.38. The van der Waals surface area contributed by atoms with E-state index in [-0.39, 0.29) is 5.69 Å². The lowest BCUT2D eigenvalue weighted by Gasteiger charge is -2.31. The number of hydrogen-bond donors (Lipinski definition) is 2. The molecule has 2 rings (SSSR count). The first kappa shape index (κ1) is 14.5. The van der Waals surface area contributed by atoms with Crippen LogP contribution < -0.4 is 10.2 Å². The van der Waals surface area contributed by atoms with Crippen molar-refractivity contribution in [3.63, 3.8) is 0 Å². The SMILES string of the molecule is CCCNc1cc([N+](=O)[O-])cc(N2CCCC(O)C2)n1. The third kappa shape index (κ3) is 3.57. The minimum atomic E-state index is -0.414. The Balaban J connectivity index is 2.25. The number of aromatic nitrogens is 1. The zero-order valence-electron chi connectivity index (χ0n) is 11.6. The molecule has 0 amide bonds. The Hall–Kier alpha value is -1.89. The largest absolute Gasteiger partial charge is 0.391 e. The predicted molar refractivity (Wildman–Crippen MR) is 77.1 cm³/mol. The van der Waals surface area contributed by atoms with E-state index in [1.807, 2.05) is 11.8 Å². The van der Waals surface area contributed by atoms with Crippen LogP contribution in [-0.4, -0.2) is 40.8 Å². The smallest absolute Gasteiger partial charge is 0.276 e. The van der Waals surface area contributed by atoms with Crippen LogP contribution in [0.4, 0.5) is 17.3 Å². The minimum absolute atomic E-state index is 0.0219. The third-order valence-corrected chi connectivity index (χ3v) is 3.28. The molecule has 20 heavy (non-hydrogen) atoms. The summed E-state index contributed by atoms with van der Waals surface area (Å²) >= 11 is 0. The van der Waals surface area contributed by atoms with Crippen LogP contribution in [0.5, 0.6) is 0 Å². The summed E-state index contributed by atoms with van der Waals surface area (Å²) in [7, 11) is 0. The zero-order chi connectivity index (χ0) is 14.5. The van der Waals surface area contributed by atoms with Crippen molar-refractivity contribution in [2.24, 2.45) is 0 Å². The molecule has 0 radical (unpaired) electrons. The van der Waals surface area contributed by atoms with Crippen LogP contribution in [0.2, 0.25) is 0 Å². The van der Waals surface area contributed by atoms with Gasteiger partial charge in [0.2, 0.25) is 0 Å². The molecule has 1 aliphatic rings. The van der Waals surface area contributed by atoms with Gasteiger partial charge in [-0.15, -0.1) is 0 Å². The summed E-state index contributed by atoms with van der Waals surface area (Å²) in [4.78, 5) is 16.9. The van der Waals surface area contributed by atoms with Crippen molar-refractivity contribution in [1.82, 2.24) is 4.98 Å². The van der Waals surface area contributed by atoms with Crippen LogP contribution in [0, 0.1) is 10.1 Å². The molecule has 1 aromatic rings. The highest BCUT2D eigenvalue weighted by molar-refractivity contribution is 5.56. The van der Waals surface area contributed by atoms with Gasteiger partial charge in [0.15, 0.2) is 0 Å². The van der Waals surface area contributed by atoms with Gasteiger partial charge in [-0.3, -0.25) is 10.1 Å². The van der Waals surface area contributed by atoms with Crippen molar-refractivity contribution >= 4 is 17.3 Å². The van der Waals surface area contributed by atoms with Gasteiger partial charge in [0.05, 0.1) is 23.2 Å². The van der Waals surface area contributed by atoms with E-state index >= 15 is 0 Å². The molecule has 1 atom stereocenters. The normalized spacial score (nSPS) is 18.9. The monoisotopic (exact) mass is 280 g/mol. The molecule has 7 heteroatoms. The average Bonchev–Trinajstić information content (AvgIpc) is 2.44. The third-order valence-electron chi connectivity index (χ3n) is 3.28. The van der Waals surface area contributed by atoms with E-state index in [0.717, 1.165) is 32.4 Å². The van der Waals surface area contributed by atoms with Gasteiger partial charge in [0.25, 0.3) is 5.69 Å². The van der Waals surface area contributed by atoms with Crippen LogP contribution in [0.15, 0.2) is 12.1 Å². The van der Waals surface area contributed by atoms with Crippen LogP contribution in [-0.2, 0) is 0 Å². The van der Waals surface area contributed by atoms with Crippen molar-refractivity contribution < 1.29 is 10.0 Å². The zero-order valence-corrected chi connectivity index (χ0v) is 11.6. The van der Waals surface area contributed by atoms with Crippen molar-refractivity contribution in [2.45, 2.75) is 32.3 Å². The summed E-state index contributed by atoms with van der Waals surface area (Å²) in [5.41, 5.74) is 0.0219. The number of rotatable bonds is 5. The molecule has 110 valence electrons. The van der Waals surface area contributed by atoms with Crippen LogP contribution in [0.25, 0.3) is 0 Å². The van der Waals surface area contributed by atoms with Gasteiger partial charge in [-0.25, -0.2) is 4.98 Å². The first-order valence-corrected chi connectivity index (χ1v) is 6.93. The first-order valence-electron chi connectivity index (χ1n) is 6.93. The van der Waals surface area contributed by atoms with E-state index < -0.39 is 11.0 Å². The molecule has 2 heterocycles. The summed E-state index contributed by atoms with van der Waals surface area (Å²) in [5.74, 6) is 1.06. The number of anilines is 2. The Morgan fingerprint density at radius 2 is 2.40 bits per heavy atom. The van der Waals surface area contributed by atoms with Gasteiger partial charge in [0.1, 0.15) is 11.6 Å². The molecular weight excluding hydrogens is 260 g/mol. The molecule has 0 bridgehead atoms. The Labute approximate surface area is 117 Å². The lowest BCUT2D eigenvalue weighted by atomic mass is 10.1. The van der Waals surface area contributed by atoms with E-state index in [9.17, 15) is 15.2 Å². The van der Waals surface area contributed by atoms with E-state index in [0.29, 0.717) is 18.2 Å². The molecule has 1 fully saturated rings. The molecule has 1 aromatic heterocycles. The number of nitro groups is 1. The second kappa shape index (κ2) is 6.51. The second-order valence-corrected chi connectivity index (χ2v) is 4.99. The van der Waals surface area contributed by atoms with E-state index in [1.165, 1.54) is 12.1 Å². The van der Waals surface area contributed by atoms with E-state index in [4.69, 9.17) is 0 Å². The number of nitrogens with one attached hydrogen (secondary N) is 1. The Morgan fingerprint density at radius 1 is 1.60 bits per heavy atom. The molecule has 0 spiro atoms.